The van der Waals surface area contributed by atoms with Crippen molar-refractivity contribution in [1.29, 1.82) is 0 Å². The molecule has 1 heterocycles. The van der Waals surface area contributed by atoms with Crippen molar-refractivity contribution >= 4 is 7.12 Å². The molecule has 3 heteroatoms. The molecule has 0 amide bonds. The number of hydrogen-bond donors (Lipinski definition) is 0. The summed E-state index contributed by atoms with van der Waals surface area (Å²) in [6, 6.07) is 10.7. The molecule has 1 aromatic rings. The average Bonchev–Trinajstić information content (AvgIpc) is 2.74. The first kappa shape index (κ1) is 20.3. The van der Waals surface area contributed by atoms with Gasteiger partial charge in [0.2, 0.25) is 0 Å². The number of allylic oxidation sites excluding steroid dienone is 2. The minimum absolute atomic E-state index is 0.107. The maximum Gasteiger partial charge on any atom is 0.468 e. The largest absolute Gasteiger partial charge is 0.468 e. The van der Waals surface area contributed by atoms with Gasteiger partial charge in [-0.3, -0.25) is 0 Å². The first-order chi connectivity index (χ1) is 11.6. The highest BCUT2D eigenvalue weighted by atomic mass is 16.7. The van der Waals surface area contributed by atoms with E-state index in [9.17, 15) is 0 Å². The van der Waals surface area contributed by atoms with E-state index in [0.717, 1.165) is 19.3 Å². The van der Waals surface area contributed by atoms with Gasteiger partial charge in [-0.25, -0.2) is 0 Å². The van der Waals surface area contributed by atoms with E-state index >= 15 is 0 Å². The Labute approximate surface area is 155 Å². The van der Waals surface area contributed by atoms with E-state index in [1.165, 1.54) is 5.56 Å². The summed E-state index contributed by atoms with van der Waals surface area (Å²) >= 11 is 0. The van der Waals surface area contributed by atoms with Crippen LogP contribution >= 0.6 is 0 Å². The molecule has 0 radical (unpaired) electrons. The molecule has 0 aromatic heterocycles. The SMILES string of the molecule is C/C=C/[C@@](CCc1ccccc1)(CC(C)C)B1OC(C)(C)C(C)(C)O1. The molecule has 2 nitrogen and oxygen atoms in total. The summed E-state index contributed by atoms with van der Waals surface area (Å²) < 4.78 is 13.0. The van der Waals surface area contributed by atoms with Crippen LogP contribution in [0.1, 0.15) is 66.9 Å². The van der Waals surface area contributed by atoms with Gasteiger partial charge in [0, 0.05) is 5.31 Å². The van der Waals surface area contributed by atoms with Crippen LogP contribution in [0, 0.1) is 5.92 Å². The van der Waals surface area contributed by atoms with Gasteiger partial charge in [0.15, 0.2) is 0 Å². The lowest BCUT2D eigenvalue weighted by molar-refractivity contribution is 0.00578. The molecule has 25 heavy (non-hydrogen) atoms. The third-order valence-electron chi connectivity index (χ3n) is 5.73. The van der Waals surface area contributed by atoms with E-state index in [1.54, 1.807) is 0 Å². The zero-order valence-electron chi connectivity index (χ0n) is 17.1. The smallest absolute Gasteiger partial charge is 0.403 e. The topological polar surface area (TPSA) is 18.5 Å². The predicted molar refractivity (Wildman–Crippen MR) is 108 cm³/mol. The zero-order valence-corrected chi connectivity index (χ0v) is 17.1. The highest BCUT2D eigenvalue weighted by Crippen LogP contribution is 2.51. The van der Waals surface area contributed by atoms with E-state index in [2.05, 4.69) is 91.0 Å². The molecular formula is C22H35BO2. The van der Waals surface area contributed by atoms with Crippen molar-refractivity contribution in [2.24, 2.45) is 5.92 Å². The van der Waals surface area contributed by atoms with E-state index in [-0.39, 0.29) is 23.6 Å². The molecule has 138 valence electrons. The minimum Gasteiger partial charge on any atom is -0.403 e. The molecule has 1 aliphatic rings. The second kappa shape index (κ2) is 7.67. The summed E-state index contributed by atoms with van der Waals surface area (Å²) in [5.41, 5.74) is 0.777. The summed E-state index contributed by atoms with van der Waals surface area (Å²) in [6.07, 6.45) is 7.61. The van der Waals surface area contributed by atoms with Crippen LogP contribution < -0.4 is 0 Å². The summed E-state index contributed by atoms with van der Waals surface area (Å²) in [4.78, 5) is 0. The van der Waals surface area contributed by atoms with Crippen LogP contribution in [0.5, 0.6) is 0 Å². The van der Waals surface area contributed by atoms with Gasteiger partial charge < -0.3 is 9.31 Å². The number of rotatable bonds is 7. The Bertz CT molecular complexity index is 561. The van der Waals surface area contributed by atoms with Crippen LogP contribution in [0.2, 0.25) is 5.31 Å². The first-order valence-corrected chi connectivity index (χ1v) is 9.65. The van der Waals surface area contributed by atoms with E-state index in [4.69, 9.17) is 9.31 Å². The highest BCUT2D eigenvalue weighted by Gasteiger charge is 2.58. The maximum absolute atomic E-state index is 6.50. The van der Waals surface area contributed by atoms with Crippen molar-refractivity contribution in [3.8, 4) is 0 Å². The summed E-state index contributed by atoms with van der Waals surface area (Å²) in [5.74, 6) is 0.575. The van der Waals surface area contributed by atoms with Crippen molar-refractivity contribution in [2.45, 2.75) is 84.2 Å². The Morgan fingerprint density at radius 3 is 2.08 bits per heavy atom. The van der Waals surface area contributed by atoms with Crippen molar-refractivity contribution < 1.29 is 9.31 Å². The third-order valence-corrected chi connectivity index (χ3v) is 5.73. The molecule has 0 N–H and O–H groups in total. The van der Waals surface area contributed by atoms with Crippen molar-refractivity contribution in [2.75, 3.05) is 0 Å². The molecule has 0 saturated carbocycles. The fourth-order valence-corrected chi connectivity index (χ4v) is 3.74. The van der Waals surface area contributed by atoms with Crippen LogP contribution in [-0.2, 0) is 15.7 Å². The van der Waals surface area contributed by atoms with Gasteiger partial charge in [0.1, 0.15) is 0 Å². The lowest BCUT2D eigenvalue weighted by atomic mass is 9.51. The van der Waals surface area contributed by atoms with Crippen LogP contribution in [0.4, 0.5) is 0 Å². The molecule has 1 aliphatic heterocycles. The molecule has 2 rings (SSSR count). The minimum atomic E-state index is -0.297. The Morgan fingerprint density at radius 1 is 1.04 bits per heavy atom. The van der Waals surface area contributed by atoms with Crippen LogP contribution in [-0.4, -0.2) is 18.3 Å². The van der Waals surface area contributed by atoms with Gasteiger partial charge in [-0.15, -0.1) is 0 Å². The van der Waals surface area contributed by atoms with Crippen molar-refractivity contribution in [3.05, 3.63) is 48.0 Å². The average molecular weight is 342 g/mol. The molecule has 0 spiro atoms. The van der Waals surface area contributed by atoms with Gasteiger partial charge in [-0.1, -0.05) is 56.3 Å². The van der Waals surface area contributed by atoms with Crippen LogP contribution in [0.25, 0.3) is 0 Å². The number of benzene rings is 1. The summed E-state index contributed by atoms with van der Waals surface area (Å²) in [7, 11) is -0.209. The maximum atomic E-state index is 6.50. The number of aryl methyl sites for hydroxylation is 1. The normalized spacial score (nSPS) is 21.8. The molecule has 0 unspecified atom stereocenters. The third kappa shape index (κ3) is 4.57. The molecule has 1 aromatic carbocycles. The fraction of sp³-hybridized carbons (Fsp3) is 0.636. The van der Waals surface area contributed by atoms with E-state index in [1.807, 2.05) is 0 Å². The van der Waals surface area contributed by atoms with Gasteiger partial charge in [0.25, 0.3) is 0 Å². The number of hydrogen-bond acceptors (Lipinski definition) is 2. The molecule has 0 bridgehead atoms. The zero-order chi connectivity index (χ0) is 18.7. The fourth-order valence-electron chi connectivity index (χ4n) is 3.74. The van der Waals surface area contributed by atoms with Crippen molar-refractivity contribution in [1.82, 2.24) is 0 Å². The standard InChI is InChI=1S/C22H35BO2/c1-8-15-22(17-18(2)3,16-14-19-12-10-9-11-13-19)23-24-20(4,5)21(6,7)25-23/h8-13,15,18H,14,16-17H2,1-7H3/b15-8+/t22-/m1/s1. The predicted octanol–water partition coefficient (Wildman–Crippen LogP) is 6.07. The Hall–Kier alpha value is -1.06. The second-order valence-electron chi connectivity index (χ2n) is 8.90. The molecule has 1 saturated heterocycles. The van der Waals surface area contributed by atoms with E-state index < -0.39 is 0 Å². The lowest BCUT2D eigenvalue weighted by Gasteiger charge is -2.34. The second-order valence-corrected chi connectivity index (χ2v) is 8.90. The summed E-state index contributed by atoms with van der Waals surface area (Å²) in [5, 5.41) is -0.107. The quantitative estimate of drug-likeness (QED) is 0.442. The summed E-state index contributed by atoms with van der Waals surface area (Å²) in [6.45, 7) is 15.2. The van der Waals surface area contributed by atoms with Crippen LogP contribution in [0.15, 0.2) is 42.5 Å². The van der Waals surface area contributed by atoms with E-state index in [0.29, 0.717) is 5.92 Å². The molecule has 0 aliphatic carbocycles. The Kier molecular flexibility index (Phi) is 6.22. The van der Waals surface area contributed by atoms with Crippen LogP contribution in [0.3, 0.4) is 0 Å². The monoisotopic (exact) mass is 342 g/mol. The molecule has 1 atom stereocenters. The van der Waals surface area contributed by atoms with Gasteiger partial charge in [0.05, 0.1) is 11.2 Å². The van der Waals surface area contributed by atoms with Gasteiger partial charge in [-0.2, -0.15) is 0 Å². The first-order valence-electron chi connectivity index (χ1n) is 9.65. The van der Waals surface area contributed by atoms with Gasteiger partial charge >= 0.3 is 7.12 Å². The Balaban J connectivity index is 2.31. The molecule has 1 fully saturated rings. The molecular weight excluding hydrogens is 307 g/mol. The van der Waals surface area contributed by atoms with Gasteiger partial charge in [-0.05, 0) is 65.4 Å². The van der Waals surface area contributed by atoms with Crippen molar-refractivity contribution in [3.63, 3.8) is 0 Å². The Morgan fingerprint density at radius 2 is 1.60 bits per heavy atom. The highest BCUT2D eigenvalue weighted by molar-refractivity contribution is 6.50. The lowest BCUT2D eigenvalue weighted by Crippen LogP contribution is -2.41.